The zero-order chi connectivity index (χ0) is 19.4. The van der Waals surface area contributed by atoms with Crippen LogP contribution in [0.1, 0.15) is 22.2 Å². The van der Waals surface area contributed by atoms with Crippen LogP contribution >= 0.6 is 22.9 Å². The Morgan fingerprint density at radius 1 is 1.37 bits per heavy atom. The molecular formula is C21H18ClN3OS. The van der Waals surface area contributed by atoms with Crippen molar-refractivity contribution in [3.8, 4) is 12.3 Å². The summed E-state index contributed by atoms with van der Waals surface area (Å²) in [6.45, 7) is 4.22. The van der Waals surface area contributed by atoms with E-state index in [9.17, 15) is 4.79 Å². The van der Waals surface area contributed by atoms with Crippen LogP contribution < -0.4 is 10.2 Å². The first kappa shape index (κ1) is 19.0. The van der Waals surface area contributed by atoms with E-state index < -0.39 is 0 Å². The van der Waals surface area contributed by atoms with Crippen molar-refractivity contribution in [3.63, 3.8) is 0 Å². The summed E-state index contributed by atoms with van der Waals surface area (Å²) in [5.41, 5.74) is 2.52. The van der Waals surface area contributed by atoms with Crippen molar-refractivity contribution in [3.05, 3.63) is 64.3 Å². The lowest BCUT2D eigenvalue weighted by Gasteiger charge is -2.18. The molecule has 0 atom stereocenters. The monoisotopic (exact) mass is 395 g/mol. The third-order valence-corrected chi connectivity index (χ3v) is 5.47. The number of carbonyl (C=O) groups excluding carboxylic acids is 1. The minimum absolute atomic E-state index is 0.112. The number of rotatable bonds is 5. The highest BCUT2D eigenvalue weighted by molar-refractivity contribution is 7.20. The predicted molar refractivity (Wildman–Crippen MR) is 115 cm³/mol. The Morgan fingerprint density at radius 2 is 2.11 bits per heavy atom. The highest BCUT2D eigenvalue weighted by atomic mass is 35.5. The second kappa shape index (κ2) is 8.26. The normalized spacial score (nSPS) is 10.9. The molecule has 1 amide bonds. The molecule has 0 saturated carbocycles. The lowest BCUT2D eigenvalue weighted by molar-refractivity contribution is 0.100. The molecule has 0 fully saturated rings. The van der Waals surface area contributed by atoms with Gasteiger partial charge in [0.2, 0.25) is 0 Å². The number of halogens is 1. The number of anilines is 2. The van der Waals surface area contributed by atoms with Gasteiger partial charge in [0.25, 0.3) is 5.91 Å². The summed E-state index contributed by atoms with van der Waals surface area (Å²) >= 11 is 7.36. The molecule has 2 aromatic heterocycles. The fourth-order valence-corrected chi connectivity index (χ4v) is 4.04. The average molecular weight is 396 g/mol. The number of hydrogen-bond acceptors (Lipinski definition) is 4. The second-order valence-electron chi connectivity index (χ2n) is 5.79. The number of pyridine rings is 1. The Kier molecular flexibility index (Phi) is 5.80. The number of thiophene rings is 1. The van der Waals surface area contributed by atoms with Crippen LogP contribution in [0.4, 0.5) is 11.4 Å². The molecule has 136 valence electrons. The van der Waals surface area contributed by atoms with E-state index in [2.05, 4.69) is 16.2 Å². The smallest absolute Gasteiger partial charge is 0.272 e. The Labute approximate surface area is 167 Å². The van der Waals surface area contributed by atoms with Crippen LogP contribution in [0.5, 0.6) is 0 Å². The van der Waals surface area contributed by atoms with Crippen molar-refractivity contribution in [2.75, 3.05) is 16.8 Å². The van der Waals surface area contributed by atoms with E-state index in [4.69, 9.17) is 18.0 Å². The van der Waals surface area contributed by atoms with Gasteiger partial charge in [0.1, 0.15) is 4.83 Å². The summed E-state index contributed by atoms with van der Waals surface area (Å²) < 4.78 is 0. The largest absolute Gasteiger partial charge is 0.374 e. The SMILES string of the molecule is C#CCNc1ccnc2sc(C(=O)N(/C=C\C)c3ccc(Cl)cc3)c(C)c12. The maximum absolute atomic E-state index is 13.3. The first-order chi connectivity index (χ1) is 13.1. The molecule has 0 saturated heterocycles. The van der Waals surface area contributed by atoms with Crippen LogP contribution in [0.2, 0.25) is 5.02 Å². The molecule has 3 rings (SSSR count). The van der Waals surface area contributed by atoms with Crippen molar-refractivity contribution in [1.82, 2.24) is 4.98 Å². The van der Waals surface area contributed by atoms with E-state index >= 15 is 0 Å². The number of carbonyl (C=O) groups is 1. The van der Waals surface area contributed by atoms with Crippen LogP contribution in [-0.4, -0.2) is 17.4 Å². The van der Waals surface area contributed by atoms with Gasteiger partial charge >= 0.3 is 0 Å². The van der Waals surface area contributed by atoms with E-state index in [1.54, 1.807) is 29.4 Å². The molecule has 6 heteroatoms. The van der Waals surface area contributed by atoms with Crippen LogP contribution in [0.3, 0.4) is 0 Å². The predicted octanol–water partition coefficient (Wildman–Crippen LogP) is 5.48. The van der Waals surface area contributed by atoms with Crippen molar-refractivity contribution in [2.24, 2.45) is 0 Å². The molecule has 0 unspecified atom stereocenters. The number of amides is 1. The lowest BCUT2D eigenvalue weighted by atomic mass is 10.1. The number of allylic oxidation sites excluding steroid dienone is 1. The molecule has 0 aliphatic carbocycles. The lowest BCUT2D eigenvalue weighted by Crippen LogP contribution is -2.24. The summed E-state index contributed by atoms with van der Waals surface area (Å²) in [5, 5.41) is 4.75. The van der Waals surface area contributed by atoms with E-state index in [0.717, 1.165) is 27.2 Å². The highest BCUT2D eigenvalue weighted by Crippen LogP contribution is 2.35. The molecule has 0 radical (unpaired) electrons. The summed E-state index contributed by atoms with van der Waals surface area (Å²) in [4.78, 5) is 20.8. The zero-order valence-corrected chi connectivity index (χ0v) is 16.6. The van der Waals surface area contributed by atoms with Gasteiger partial charge in [-0.1, -0.05) is 23.6 Å². The molecule has 0 aliphatic heterocycles. The number of aromatic nitrogens is 1. The summed E-state index contributed by atoms with van der Waals surface area (Å²) in [5.74, 6) is 2.46. The Bertz CT molecular complexity index is 1050. The van der Waals surface area contributed by atoms with Gasteiger partial charge in [-0.25, -0.2) is 4.98 Å². The topological polar surface area (TPSA) is 45.2 Å². The number of nitrogens with one attached hydrogen (secondary N) is 1. The molecule has 4 nitrogen and oxygen atoms in total. The van der Waals surface area contributed by atoms with Gasteiger partial charge in [0, 0.05) is 34.2 Å². The summed E-state index contributed by atoms with van der Waals surface area (Å²) in [7, 11) is 0. The Hall–Kier alpha value is -2.81. The van der Waals surface area contributed by atoms with E-state index in [1.165, 1.54) is 11.3 Å². The van der Waals surface area contributed by atoms with Gasteiger partial charge in [-0.2, -0.15) is 0 Å². The van der Waals surface area contributed by atoms with Crippen molar-refractivity contribution < 1.29 is 4.79 Å². The van der Waals surface area contributed by atoms with Gasteiger partial charge in [-0.05, 0) is 49.7 Å². The maximum Gasteiger partial charge on any atom is 0.272 e. The van der Waals surface area contributed by atoms with Crippen molar-refractivity contribution in [2.45, 2.75) is 13.8 Å². The summed E-state index contributed by atoms with van der Waals surface area (Å²) in [6.07, 6.45) is 10.7. The van der Waals surface area contributed by atoms with E-state index in [1.807, 2.05) is 38.1 Å². The molecule has 0 aliphatic rings. The number of hydrogen-bond donors (Lipinski definition) is 1. The molecule has 0 spiro atoms. The summed E-state index contributed by atoms with van der Waals surface area (Å²) in [6, 6.07) is 9.04. The maximum atomic E-state index is 13.3. The van der Waals surface area contributed by atoms with Gasteiger partial charge < -0.3 is 5.32 Å². The number of fused-ring (bicyclic) bond motifs is 1. The number of benzene rings is 1. The molecular weight excluding hydrogens is 378 g/mol. The van der Waals surface area contributed by atoms with Gasteiger partial charge in [0.05, 0.1) is 11.4 Å². The first-order valence-electron chi connectivity index (χ1n) is 8.34. The molecule has 3 aromatic rings. The fourth-order valence-electron chi connectivity index (χ4n) is 2.80. The van der Waals surface area contributed by atoms with Crippen LogP contribution in [-0.2, 0) is 0 Å². The second-order valence-corrected chi connectivity index (χ2v) is 7.22. The minimum Gasteiger partial charge on any atom is -0.374 e. The molecule has 27 heavy (non-hydrogen) atoms. The first-order valence-corrected chi connectivity index (χ1v) is 9.53. The minimum atomic E-state index is -0.112. The van der Waals surface area contributed by atoms with Crippen LogP contribution in [0.25, 0.3) is 10.2 Å². The van der Waals surface area contributed by atoms with E-state index in [0.29, 0.717) is 16.4 Å². The fraction of sp³-hybridized carbons (Fsp3) is 0.143. The standard InChI is InChI=1S/C21H18ClN3OS/c1-4-11-23-17-10-12-24-20-18(17)14(3)19(27-20)21(26)25(13-5-2)16-8-6-15(22)7-9-16/h1,5-10,12-13H,11H2,2-3H3,(H,23,24)/b13-5-. The van der Waals surface area contributed by atoms with Gasteiger partial charge in [0.15, 0.2) is 0 Å². The quantitative estimate of drug-likeness (QED) is 0.581. The number of terminal acetylenes is 1. The van der Waals surface area contributed by atoms with E-state index in [-0.39, 0.29) is 5.91 Å². The third kappa shape index (κ3) is 3.82. The zero-order valence-electron chi connectivity index (χ0n) is 15.0. The van der Waals surface area contributed by atoms with Gasteiger partial charge in [-0.15, -0.1) is 17.8 Å². The van der Waals surface area contributed by atoms with Gasteiger partial charge in [-0.3, -0.25) is 9.69 Å². The highest BCUT2D eigenvalue weighted by Gasteiger charge is 2.23. The molecule has 0 bridgehead atoms. The van der Waals surface area contributed by atoms with Crippen LogP contribution in [0.15, 0.2) is 48.8 Å². The number of nitrogens with zero attached hydrogens (tertiary/aromatic N) is 2. The average Bonchev–Trinajstić information content (AvgIpc) is 3.02. The third-order valence-electron chi connectivity index (χ3n) is 4.03. The Morgan fingerprint density at radius 3 is 2.78 bits per heavy atom. The molecule has 2 heterocycles. The van der Waals surface area contributed by atoms with Crippen molar-refractivity contribution in [1.29, 1.82) is 0 Å². The van der Waals surface area contributed by atoms with Crippen LogP contribution in [0, 0.1) is 19.3 Å². The Balaban J connectivity index is 2.07. The number of aryl methyl sites for hydroxylation is 1. The molecule has 1 aromatic carbocycles. The van der Waals surface area contributed by atoms with Crippen molar-refractivity contribution >= 4 is 50.4 Å². The molecule has 1 N–H and O–H groups in total.